The van der Waals surface area contributed by atoms with E-state index >= 15 is 0 Å². The van der Waals surface area contributed by atoms with E-state index in [2.05, 4.69) is 5.32 Å². The second-order valence-corrected chi connectivity index (χ2v) is 6.78. The number of aliphatic hydroxyl groups excluding tert-OH is 1. The Balaban J connectivity index is 1.66. The number of rotatable bonds is 7. The number of aryl methyl sites for hydroxylation is 1. The van der Waals surface area contributed by atoms with Crippen LogP contribution >= 0.6 is 0 Å². The van der Waals surface area contributed by atoms with Gasteiger partial charge in [-0.15, -0.1) is 0 Å². The molecule has 0 saturated heterocycles. The fourth-order valence-corrected chi connectivity index (χ4v) is 3.50. The Labute approximate surface area is 158 Å². The van der Waals surface area contributed by atoms with E-state index < -0.39 is 5.91 Å². The van der Waals surface area contributed by atoms with Crippen molar-refractivity contribution in [2.45, 2.75) is 31.3 Å². The van der Waals surface area contributed by atoms with Crippen molar-refractivity contribution in [2.75, 3.05) is 6.61 Å². The number of nitrogens with one attached hydrogen (secondary N) is 2. The topological polar surface area (TPSA) is 102 Å². The first kappa shape index (κ1) is 19.1. The molecule has 3 rings (SSSR count). The highest BCUT2D eigenvalue weighted by Crippen LogP contribution is 2.32. The number of phenols is 1. The largest absolute Gasteiger partial charge is 0.508 e. The van der Waals surface area contributed by atoms with Crippen LogP contribution in [0.3, 0.4) is 0 Å². The van der Waals surface area contributed by atoms with Crippen molar-refractivity contribution in [1.82, 2.24) is 10.8 Å². The molecule has 1 amide bonds. The minimum absolute atomic E-state index is 0.0316. The Hall–Kier alpha value is -2.67. The van der Waals surface area contributed by atoms with Gasteiger partial charge in [-0.25, -0.2) is 5.48 Å². The van der Waals surface area contributed by atoms with E-state index in [9.17, 15) is 15.0 Å². The fourth-order valence-electron chi connectivity index (χ4n) is 3.50. The number of benzene rings is 2. The van der Waals surface area contributed by atoms with Crippen LogP contribution in [0.2, 0.25) is 0 Å². The van der Waals surface area contributed by atoms with Gasteiger partial charge < -0.3 is 15.5 Å². The Morgan fingerprint density at radius 3 is 2.70 bits per heavy atom. The quantitative estimate of drug-likeness (QED) is 0.293. The van der Waals surface area contributed by atoms with Crippen LogP contribution in [0.15, 0.2) is 48.5 Å². The summed E-state index contributed by atoms with van der Waals surface area (Å²) in [6.45, 7) is 0.0316. The molecule has 6 heteroatoms. The molecule has 0 saturated carbocycles. The van der Waals surface area contributed by atoms with E-state index in [1.54, 1.807) is 23.7 Å². The number of phenolic OH excluding ortho intramolecular Hbond substituents is 1. The Morgan fingerprint density at radius 1 is 1.22 bits per heavy atom. The summed E-state index contributed by atoms with van der Waals surface area (Å²) in [5.74, 6) is -0.326. The zero-order chi connectivity index (χ0) is 19.2. The molecular formula is C21H24N2O4. The number of amides is 1. The van der Waals surface area contributed by atoms with Crippen LogP contribution < -0.4 is 10.8 Å². The number of hydrogen-bond donors (Lipinski definition) is 5. The molecule has 2 aromatic carbocycles. The molecule has 0 aliphatic heterocycles. The predicted octanol–water partition coefficient (Wildman–Crippen LogP) is 2.09. The smallest absolute Gasteiger partial charge is 0.267 e. The lowest BCUT2D eigenvalue weighted by atomic mass is 10.0. The van der Waals surface area contributed by atoms with Crippen molar-refractivity contribution >= 4 is 12.0 Å². The molecule has 0 radical (unpaired) electrons. The second-order valence-electron chi connectivity index (χ2n) is 6.78. The van der Waals surface area contributed by atoms with E-state index in [1.165, 1.54) is 17.2 Å². The van der Waals surface area contributed by atoms with Crippen LogP contribution in [-0.4, -0.2) is 34.0 Å². The van der Waals surface area contributed by atoms with Gasteiger partial charge >= 0.3 is 0 Å². The SMILES string of the molecule is O=C(C=Cc1ccc2c(c1)CCC2NC(CO)Cc1ccc(O)cc1)NO. The van der Waals surface area contributed by atoms with Gasteiger partial charge in [0, 0.05) is 18.2 Å². The molecule has 1 aliphatic carbocycles. The third-order valence-electron chi connectivity index (χ3n) is 4.86. The van der Waals surface area contributed by atoms with Gasteiger partial charge in [-0.05, 0) is 59.7 Å². The van der Waals surface area contributed by atoms with Crippen molar-refractivity contribution in [1.29, 1.82) is 0 Å². The Bertz CT molecular complexity index is 817. The first-order chi connectivity index (χ1) is 13.1. The molecule has 5 N–H and O–H groups in total. The maximum Gasteiger partial charge on any atom is 0.267 e. The standard InChI is InChI=1S/C21H24N2O4/c24-13-17(12-15-1-6-18(25)7-2-15)22-20-9-5-16-11-14(3-8-19(16)20)4-10-21(26)23-27/h1-4,6-8,10-11,17,20,22,24-25,27H,5,9,12-13H2,(H,23,26). The first-order valence-corrected chi connectivity index (χ1v) is 8.99. The fraction of sp³-hybridized carbons (Fsp3) is 0.286. The van der Waals surface area contributed by atoms with Crippen molar-refractivity contribution in [3.63, 3.8) is 0 Å². The maximum absolute atomic E-state index is 11.1. The molecule has 0 aromatic heterocycles. The average Bonchev–Trinajstić information content (AvgIpc) is 3.09. The molecule has 27 heavy (non-hydrogen) atoms. The van der Waals surface area contributed by atoms with E-state index in [1.807, 2.05) is 30.3 Å². The molecule has 0 bridgehead atoms. The Morgan fingerprint density at radius 2 is 2.00 bits per heavy atom. The number of hydroxylamine groups is 1. The maximum atomic E-state index is 11.1. The van der Waals surface area contributed by atoms with E-state index in [0.29, 0.717) is 6.42 Å². The van der Waals surface area contributed by atoms with Gasteiger partial charge in [0.05, 0.1) is 6.61 Å². The molecule has 0 spiro atoms. The number of hydrogen-bond acceptors (Lipinski definition) is 5. The predicted molar refractivity (Wildman–Crippen MR) is 102 cm³/mol. The third kappa shape index (κ3) is 4.95. The van der Waals surface area contributed by atoms with Crippen molar-refractivity contribution in [3.8, 4) is 5.75 Å². The zero-order valence-electron chi connectivity index (χ0n) is 14.9. The highest BCUT2D eigenvalue weighted by molar-refractivity contribution is 5.90. The highest BCUT2D eigenvalue weighted by Gasteiger charge is 2.24. The van der Waals surface area contributed by atoms with E-state index in [4.69, 9.17) is 5.21 Å². The first-order valence-electron chi connectivity index (χ1n) is 8.99. The van der Waals surface area contributed by atoms with Crippen molar-refractivity contribution in [3.05, 3.63) is 70.8 Å². The lowest BCUT2D eigenvalue weighted by molar-refractivity contribution is -0.124. The number of carbonyl (C=O) groups excluding carboxylic acids is 1. The van der Waals surface area contributed by atoms with E-state index in [0.717, 1.165) is 24.0 Å². The molecule has 0 fully saturated rings. The zero-order valence-corrected chi connectivity index (χ0v) is 14.9. The van der Waals surface area contributed by atoms with Gasteiger partial charge in [-0.3, -0.25) is 10.0 Å². The summed E-state index contributed by atoms with van der Waals surface area (Å²) in [6, 6.07) is 13.2. The number of aromatic hydroxyl groups is 1. The molecule has 6 nitrogen and oxygen atoms in total. The molecule has 2 unspecified atom stereocenters. The molecule has 142 valence electrons. The van der Waals surface area contributed by atoms with Gasteiger partial charge in [-0.2, -0.15) is 0 Å². The minimum Gasteiger partial charge on any atom is -0.508 e. The van der Waals surface area contributed by atoms with Crippen molar-refractivity contribution in [2.24, 2.45) is 0 Å². The van der Waals surface area contributed by atoms with Gasteiger partial charge in [0.25, 0.3) is 5.91 Å². The molecule has 0 heterocycles. The molecule has 2 atom stereocenters. The third-order valence-corrected chi connectivity index (χ3v) is 4.86. The van der Waals surface area contributed by atoms with Crippen LogP contribution in [0.5, 0.6) is 5.75 Å². The second kappa shape index (κ2) is 8.81. The highest BCUT2D eigenvalue weighted by atomic mass is 16.5. The van der Waals surface area contributed by atoms with Crippen LogP contribution in [0.1, 0.15) is 34.7 Å². The summed E-state index contributed by atoms with van der Waals surface area (Å²) in [5, 5.41) is 31.2. The van der Waals surface area contributed by atoms with E-state index in [-0.39, 0.29) is 24.4 Å². The summed E-state index contributed by atoms with van der Waals surface area (Å²) in [4.78, 5) is 11.1. The van der Waals surface area contributed by atoms with Crippen LogP contribution in [0, 0.1) is 0 Å². The molecular weight excluding hydrogens is 344 g/mol. The van der Waals surface area contributed by atoms with Gasteiger partial charge in [-0.1, -0.05) is 30.3 Å². The number of carbonyl (C=O) groups is 1. The summed E-state index contributed by atoms with van der Waals surface area (Å²) >= 11 is 0. The summed E-state index contributed by atoms with van der Waals surface area (Å²) < 4.78 is 0. The molecule has 1 aliphatic rings. The summed E-state index contributed by atoms with van der Waals surface area (Å²) in [7, 11) is 0. The van der Waals surface area contributed by atoms with Gasteiger partial charge in [0.15, 0.2) is 0 Å². The lowest BCUT2D eigenvalue weighted by Crippen LogP contribution is -2.36. The number of aliphatic hydroxyl groups is 1. The Kier molecular flexibility index (Phi) is 6.24. The summed E-state index contributed by atoms with van der Waals surface area (Å²) in [6.07, 6.45) is 5.50. The summed E-state index contributed by atoms with van der Waals surface area (Å²) in [5.41, 5.74) is 5.97. The van der Waals surface area contributed by atoms with Gasteiger partial charge in [0.2, 0.25) is 0 Å². The van der Waals surface area contributed by atoms with Gasteiger partial charge in [0.1, 0.15) is 5.75 Å². The van der Waals surface area contributed by atoms with Crippen LogP contribution in [0.25, 0.3) is 6.08 Å². The lowest BCUT2D eigenvalue weighted by Gasteiger charge is -2.22. The van der Waals surface area contributed by atoms with Crippen LogP contribution in [0.4, 0.5) is 0 Å². The monoisotopic (exact) mass is 368 g/mol. The average molecular weight is 368 g/mol. The normalized spacial score (nSPS) is 17.0. The number of fused-ring (bicyclic) bond motifs is 1. The molecule has 2 aromatic rings. The van der Waals surface area contributed by atoms with Crippen molar-refractivity contribution < 1.29 is 20.2 Å². The van der Waals surface area contributed by atoms with Crippen LogP contribution in [-0.2, 0) is 17.6 Å². The minimum atomic E-state index is -0.560.